The average molecular weight is 404 g/mol. The molecular formula is C13H11ClIN3O2. The van der Waals surface area contributed by atoms with Gasteiger partial charge in [-0.15, -0.1) is 0 Å². The number of hydrogen-bond acceptors (Lipinski definition) is 3. The third kappa shape index (κ3) is 3.73. The predicted molar refractivity (Wildman–Crippen MR) is 87.9 cm³/mol. The zero-order valence-electron chi connectivity index (χ0n) is 10.3. The molecule has 104 valence electrons. The van der Waals surface area contributed by atoms with E-state index in [4.69, 9.17) is 17.3 Å². The zero-order chi connectivity index (χ0) is 14.7. The largest absolute Gasteiger partial charge is 0.398 e. The minimum Gasteiger partial charge on any atom is -0.398 e. The Morgan fingerprint density at radius 3 is 2.80 bits per heavy atom. The van der Waals surface area contributed by atoms with Gasteiger partial charge in [0.05, 0.1) is 5.69 Å². The molecule has 2 rings (SSSR count). The topological polar surface area (TPSA) is 77.1 Å². The summed E-state index contributed by atoms with van der Waals surface area (Å²) in [5.74, 6) is -0.307. The molecule has 0 atom stereocenters. The zero-order valence-corrected chi connectivity index (χ0v) is 13.2. The fourth-order valence-electron chi connectivity index (χ4n) is 1.61. The number of rotatable bonds is 3. The molecule has 1 amide bonds. The summed E-state index contributed by atoms with van der Waals surface area (Å²) in [6.07, 6.45) is 1.44. The van der Waals surface area contributed by atoms with Crippen LogP contribution in [0.3, 0.4) is 0 Å². The molecule has 2 aromatic rings. The Morgan fingerprint density at radius 2 is 2.10 bits per heavy atom. The molecule has 1 heterocycles. The van der Waals surface area contributed by atoms with Gasteiger partial charge in [0, 0.05) is 26.5 Å². The van der Waals surface area contributed by atoms with Crippen LogP contribution in [0.2, 0.25) is 5.02 Å². The van der Waals surface area contributed by atoms with E-state index in [2.05, 4.69) is 27.9 Å². The summed E-state index contributed by atoms with van der Waals surface area (Å²) >= 11 is 7.92. The van der Waals surface area contributed by atoms with Crippen molar-refractivity contribution in [3.63, 3.8) is 0 Å². The first-order chi connectivity index (χ1) is 9.45. The summed E-state index contributed by atoms with van der Waals surface area (Å²) in [5, 5.41) is 3.32. The van der Waals surface area contributed by atoms with Crippen LogP contribution in [0.15, 0.2) is 41.3 Å². The van der Waals surface area contributed by atoms with Crippen LogP contribution in [-0.2, 0) is 11.3 Å². The van der Waals surface area contributed by atoms with Crippen LogP contribution < -0.4 is 16.6 Å². The summed E-state index contributed by atoms with van der Waals surface area (Å²) in [4.78, 5) is 23.5. The molecule has 20 heavy (non-hydrogen) atoms. The van der Waals surface area contributed by atoms with Crippen LogP contribution in [0.5, 0.6) is 0 Å². The Bertz CT molecular complexity index is 715. The molecule has 5 nitrogen and oxygen atoms in total. The second-order valence-corrected chi connectivity index (χ2v) is 5.70. The van der Waals surface area contributed by atoms with Crippen LogP contribution >= 0.6 is 34.2 Å². The number of carbonyl (C=O) groups excluding carboxylic acids is 1. The van der Waals surface area contributed by atoms with E-state index in [9.17, 15) is 9.59 Å². The normalized spacial score (nSPS) is 10.3. The Hall–Kier alpha value is -1.54. The average Bonchev–Trinajstić information content (AvgIpc) is 2.37. The van der Waals surface area contributed by atoms with Crippen molar-refractivity contribution in [1.82, 2.24) is 4.57 Å². The van der Waals surface area contributed by atoms with E-state index in [1.807, 2.05) is 0 Å². The number of nitrogens with one attached hydrogen (secondary N) is 1. The SMILES string of the molecule is Nc1ccc(=O)n(CC(=O)Nc2ccc(Cl)cc2I)c1. The van der Waals surface area contributed by atoms with Crippen molar-refractivity contribution in [3.05, 3.63) is 55.5 Å². The van der Waals surface area contributed by atoms with Crippen LogP contribution in [0.1, 0.15) is 0 Å². The van der Waals surface area contributed by atoms with Gasteiger partial charge in [0.2, 0.25) is 5.91 Å². The summed E-state index contributed by atoms with van der Waals surface area (Å²) in [7, 11) is 0. The van der Waals surface area contributed by atoms with Gasteiger partial charge in [-0.25, -0.2) is 0 Å². The number of carbonyl (C=O) groups is 1. The number of benzene rings is 1. The molecule has 1 aromatic heterocycles. The Balaban J connectivity index is 2.13. The lowest BCUT2D eigenvalue weighted by Crippen LogP contribution is -2.27. The summed E-state index contributed by atoms with van der Waals surface area (Å²) in [5.41, 5.74) is 6.39. The van der Waals surface area contributed by atoms with Crippen molar-refractivity contribution < 1.29 is 4.79 Å². The van der Waals surface area contributed by atoms with Gasteiger partial charge in [-0.2, -0.15) is 0 Å². The third-order valence-electron chi connectivity index (χ3n) is 2.53. The van der Waals surface area contributed by atoms with Crippen molar-refractivity contribution in [3.8, 4) is 0 Å². The number of pyridine rings is 1. The molecule has 1 aromatic carbocycles. The molecule has 0 unspecified atom stereocenters. The minimum atomic E-state index is -0.307. The quantitative estimate of drug-likeness (QED) is 0.772. The van der Waals surface area contributed by atoms with E-state index in [0.29, 0.717) is 16.4 Å². The second-order valence-electron chi connectivity index (χ2n) is 4.10. The summed E-state index contributed by atoms with van der Waals surface area (Å²) in [6.45, 7) is -0.0947. The maximum absolute atomic E-state index is 11.9. The number of anilines is 2. The molecule has 0 fully saturated rings. The van der Waals surface area contributed by atoms with E-state index in [-0.39, 0.29) is 18.0 Å². The molecule has 0 aliphatic carbocycles. The molecule has 7 heteroatoms. The lowest BCUT2D eigenvalue weighted by Gasteiger charge is -2.09. The van der Waals surface area contributed by atoms with Gasteiger partial charge in [0.15, 0.2) is 0 Å². The van der Waals surface area contributed by atoms with Gasteiger partial charge in [-0.3, -0.25) is 9.59 Å². The monoisotopic (exact) mass is 403 g/mol. The van der Waals surface area contributed by atoms with Crippen LogP contribution in [-0.4, -0.2) is 10.5 Å². The molecule has 3 N–H and O–H groups in total. The number of nitrogens with two attached hydrogens (primary N) is 1. The van der Waals surface area contributed by atoms with Gasteiger partial charge >= 0.3 is 0 Å². The van der Waals surface area contributed by atoms with Gasteiger partial charge in [0.1, 0.15) is 6.54 Å². The van der Waals surface area contributed by atoms with Crippen molar-refractivity contribution >= 4 is 51.5 Å². The summed E-state index contributed by atoms with van der Waals surface area (Å²) in [6, 6.07) is 7.97. The fourth-order valence-corrected chi connectivity index (χ4v) is 2.62. The minimum absolute atomic E-state index is 0.0947. The highest BCUT2D eigenvalue weighted by atomic mass is 127. The van der Waals surface area contributed by atoms with Gasteiger partial charge < -0.3 is 15.6 Å². The van der Waals surface area contributed by atoms with Gasteiger partial charge in [-0.05, 0) is 46.9 Å². The third-order valence-corrected chi connectivity index (χ3v) is 3.65. The Morgan fingerprint density at radius 1 is 1.35 bits per heavy atom. The highest BCUT2D eigenvalue weighted by Crippen LogP contribution is 2.22. The molecular weight excluding hydrogens is 393 g/mol. The number of aromatic nitrogens is 1. The fraction of sp³-hybridized carbons (Fsp3) is 0.0769. The predicted octanol–water partition coefficient (Wildman–Crippen LogP) is 2.33. The van der Waals surface area contributed by atoms with Crippen LogP contribution in [0, 0.1) is 3.57 Å². The molecule has 0 spiro atoms. The molecule has 0 bridgehead atoms. The lowest BCUT2D eigenvalue weighted by molar-refractivity contribution is -0.116. The van der Waals surface area contributed by atoms with E-state index < -0.39 is 0 Å². The molecule has 0 radical (unpaired) electrons. The number of amides is 1. The highest BCUT2D eigenvalue weighted by molar-refractivity contribution is 14.1. The number of nitrogen functional groups attached to an aromatic ring is 1. The maximum atomic E-state index is 11.9. The first kappa shape index (κ1) is 14.9. The Labute approximate surface area is 133 Å². The van der Waals surface area contributed by atoms with Crippen molar-refractivity contribution in [1.29, 1.82) is 0 Å². The smallest absolute Gasteiger partial charge is 0.251 e. The van der Waals surface area contributed by atoms with Crippen molar-refractivity contribution in [2.75, 3.05) is 11.1 Å². The molecule has 0 aliphatic heterocycles. The van der Waals surface area contributed by atoms with Gasteiger partial charge in [0.25, 0.3) is 5.56 Å². The van der Waals surface area contributed by atoms with E-state index in [0.717, 1.165) is 3.57 Å². The maximum Gasteiger partial charge on any atom is 0.251 e. The second kappa shape index (κ2) is 6.27. The molecule has 0 aliphatic rings. The van der Waals surface area contributed by atoms with Crippen molar-refractivity contribution in [2.45, 2.75) is 6.54 Å². The van der Waals surface area contributed by atoms with E-state index >= 15 is 0 Å². The van der Waals surface area contributed by atoms with E-state index in [1.54, 1.807) is 18.2 Å². The Kier molecular flexibility index (Phi) is 4.66. The standard InChI is InChI=1S/C13H11ClIN3O2/c14-8-1-3-11(10(15)5-8)17-12(19)7-18-6-9(16)2-4-13(18)20/h1-6H,7,16H2,(H,17,19). The van der Waals surface area contributed by atoms with Crippen LogP contribution in [0.25, 0.3) is 0 Å². The first-order valence-corrected chi connectivity index (χ1v) is 7.12. The number of hydrogen-bond donors (Lipinski definition) is 2. The molecule has 0 saturated heterocycles. The summed E-state index contributed by atoms with van der Waals surface area (Å²) < 4.78 is 2.08. The number of nitrogens with zero attached hydrogens (tertiary/aromatic N) is 1. The highest BCUT2D eigenvalue weighted by Gasteiger charge is 2.08. The van der Waals surface area contributed by atoms with Crippen LogP contribution in [0.4, 0.5) is 11.4 Å². The van der Waals surface area contributed by atoms with Crippen molar-refractivity contribution in [2.24, 2.45) is 0 Å². The molecule has 0 saturated carbocycles. The number of halogens is 2. The first-order valence-electron chi connectivity index (χ1n) is 5.66. The van der Waals surface area contributed by atoms with E-state index in [1.165, 1.54) is 22.9 Å². The lowest BCUT2D eigenvalue weighted by atomic mass is 10.3. The van der Waals surface area contributed by atoms with Gasteiger partial charge in [-0.1, -0.05) is 11.6 Å².